The lowest BCUT2D eigenvalue weighted by molar-refractivity contribution is 0.00502. The molecule has 5 heterocycles. The molecule has 1 atom stereocenters. The molecule has 5 aromatic rings. The molecule has 1 N–H and O–H groups in total. The molecule has 2 fully saturated rings. The summed E-state index contributed by atoms with van der Waals surface area (Å²) in [6, 6.07) is 12.2. The molecule has 7 rings (SSSR count). The normalized spacial score (nSPS) is 19.1. The van der Waals surface area contributed by atoms with Crippen LogP contribution in [0.1, 0.15) is 44.3 Å². The first-order chi connectivity index (χ1) is 23.6. The zero-order valence-electron chi connectivity index (χ0n) is 26.7. The number of tetrazole rings is 1. The van der Waals surface area contributed by atoms with Gasteiger partial charge in [-0.05, 0) is 72.9 Å². The van der Waals surface area contributed by atoms with E-state index in [1.807, 2.05) is 48.1 Å². The fourth-order valence-corrected chi connectivity index (χ4v) is 6.39. The number of halogens is 1. The fraction of sp³-hybridized carbons (Fsp3) is 0.424. The van der Waals surface area contributed by atoms with Gasteiger partial charge < -0.3 is 19.5 Å². The number of rotatable bonds is 12. The van der Waals surface area contributed by atoms with Crippen LogP contribution in [-0.2, 0) is 17.9 Å². The van der Waals surface area contributed by atoms with E-state index < -0.39 is 0 Å². The summed E-state index contributed by atoms with van der Waals surface area (Å²) in [5.74, 6) is 1.47. The Kier molecular flexibility index (Phi) is 10.0. The SMILES string of the molecule is C[C@@H](Cn1cnnn1)Oc1cc(-c2cnc(Nc3cn([C@H]4CC[C@H](N5CCOCC5)CC4)nc3OCc3ccccn3)nc2)ccc1Cl. The minimum absolute atomic E-state index is 0.209. The molecule has 0 amide bonds. The highest BCUT2D eigenvalue weighted by molar-refractivity contribution is 6.32. The summed E-state index contributed by atoms with van der Waals surface area (Å²) < 4.78 is 21.5. The molecule has 0 spiro atoms. The van der Waals surface area contributed by atoms with Crippen LogP contribution < -0.4 is 14.8 Å². The molecule has 0 unspecified atom stereocenters. The standard InChI is InChI=1S/C33H38ClN11O3/c1-23(19-44-22-38-41-42-44)48-31-16-24(5-10-29(31)34)25-17-36-33(37-18-25)39-30-20-45(40-32(30)47-21-26-4-2-3-11-35-26)28-8-6-27(7-9-28)43-12-14-46-15-13-43/h2-5,10-11,16-18,20,22-23,27-28H,6-9,12-15,19,21H2,1H3,(H,36,37,39)/t23-,27-,28-/m0/s1. The second kappa shape index (κ2) is 15.0. The number of nitrogens with one attached hydrogen (secondary N) is 1. The Labute approximate surface area is 283 Å². The van der Waals surface area contributed by atoms with Crippen molar-refractivity contribution >= 4 is 23.2 Å². The van der Waals surface area contributed by atoms with E-state index in [2.05, 4.69) is 40.7 Å². The van der Waals surface area contributed by atoms with Crippen LogP contribution in [0.2, 0.25) is 5.02 Å². The van der Waals surface area contributed by atoms with E-state index in [1.54, 1.807) is 35.7 Å². The predicted octanol–water partition coefficient (Wildman–Crippen LogP) is 4.98. The molecule has 48 heavy (non-hydrogen) atoms. The van der Waals surface area contributed by atoms with Crippen LogP contribution in [0, 0.1) is 0 Å². The molecule has 1 aliphatic carbocycles. The van der Waals surface area contributed by atoms with Crippen molar-refractivity contribution in [1.82, 2.24) is 49.8 Å². The molecule has 15 heteroatoms. The third-order valence-corrected chi connectivity index (χ3v) is 9.02. The highest BCUT2D eigenvalue weighted by atomic mass is 35.5. The molecule has 2 aliphatic rings. The number of morpholine rings is 1. The topological polar surface area (TPSA) is 143 Å². The second-order valence-electron chi connectivity index (χ2n) is 12.1. The first-order valence-electron chi connectivity index (χ1n) is 16.3. The monoisotopic (exact) mass is 671 g/mol. The van der Waals surface area contributed by atoms with Gasteiger partial charge in [0.2, 0.25) is 5.95 Å². The lowest BCUT2D eigenvalue weighted by Gasteiger charge is -2.38. The molecule has 1 saturated heterocycles. The highest BCUT2D eigenvalue weighted by Crippen LogP contribution is 2.35. The van der Waals surface area contributed by atoms with Crippen molar-refractivity contribution < 1.29 is 14.2 Å². The minimum atomic E-state index is -0.209. The zero-order valence-corrected chi connectivity index (χ0v) is 27.5. The van der Waals surface area contributed by atoms with Crippen LogP contribution in [0.15, 0.2) is 67.5 Å². The average Bonchev–Trinajstić information content (AvgIpc) is 3.79. The Morgan fingerprint density at radius 1 is 1.00 bits per heavy atom. The average molecular weight is 672 g/mol. The van der Waals surface area contributed by atoms with Gasteiger partial charge >= 0.3 is 0 Å². The number of anilines is 2. The van der Waals surface area contributed by atoms with Crippen LogP contribution in [0.3, 0.4) is 0 Å². The number of aromatic nitrogens is 9. The molecule has 14 nitrogen and oxygen atoms in total. The molecule has 4 aromatic heterocycles. The van der Waals surface area contributed by atoms with E-state index in [-0.39, 0.29) is 12.1 Å². The fourth-order valence-electron chi connectivity index (χ4n) is 6.23. The van der Waals surface area contributed by atoms with E-state index in [9.17, 15) is 0 Å². The third kappa shape index (κ3) is 7.89. The summed E-state index contributed by atoms with van der Waals surface area (Å²) in [7, 11) is 0. The van der Waals surface area contributed by atoms with Gasteiger partial charge in [-0.3, -0.25) is 14.6 Å². The van der Waals surface area contributed by atoms with Gasteiger partial charge in [0.25, 0.3) is 5.88 Å². The van der Waals surface area contributed by atoms with Gasteiger partial charge in [-0.15, -0.1) is 10.2 Å². The first-order valence-corrected chi connectivity index (χ1v) is 16.7. The van der Waals surface area contributed by atoms with Crippen LogP contribution >= 0.6 is 11.6 Å². The van der Waals surface area contributed by atoms with Crippen molar-refractivity contribution in [2.45, 2.75) is 63.9 Å². The molecule has 1 aromatic carbocycles. The first kappa shape index (κ1) is 31.9. The van der Waals surface area contributed by atoms with Crippen molar-refractivity contribution in [2.24, 2.45) is 0 Å². The minimum Gasteiger partial charge on any atom is -0.487 e. The summed E-state index contributed by atoms with van der Waals surface area (Å²) in [5, 5.41) is 20.0. The molecule has 1 aliphatic heterocycles. The van der Waals surface area contributed by atoms with E-state index >= 15 is 0 Å². The molecule has 0 radical (unpaired) electrons. The smallest absolute Gasteiger partial charge is 0.257 e. The van der Waals surface area contributed by atoms with Gasteiger partial charge in [-0.2, -0.15) is 0 Å². The maximum Gasteiger partial charge on any atom is 0.257 e. The van der Waals surface area contributed by atoms with Crippen LogP contribution in [0.5, 0.6) is 11.6 Å². The van der Waals surface area contributed by atoms with Crippen molar-refractivity contribution in [3.8, 4) is 22.8 Å². The van der Waals surface area contributed by atoms with Gasteiger partial charge in [-0.1, -0.05) is 23.7 Å². The summed E-state index contributed by atoms with van der Waals surface area (Å²) in [5.41, 5.74) is 3.21. The molecular formula is C33H38ClN11O3. The van der Waals surface area contributed by atoms with Crippen LogP contribution in [0.4, 0.5) is 11.6 Å². The number of benzene rings is 1. The van der Waals surface area contributed by atoms with Crippen molar-refractivity contribution in [1.29, 1.82) is 0 Å². The predicted molar refractivity (Wildman–Crippen MR) is 178 cm³/mol. The van der Waals surface area contributed by atoms with Gasteiger partial charge in [0.15, 0.2) is 0 Å². The van der Waals surface area contributed by atoms with Gasteiger partial charge in [0.05, 0.1) is 42.7 Å². The van der Waals surface area contributed by atoms with Crippen molar-refractivity contribution in [2.75, 3.05) is 31.6 Å². The van der Waals surface area contributed by atoms with Crippen molar-refractivity contribution in [3.63, 3.8) is 0 Å². The number of hydrogen-bond acceptors (Lipinski definition) is 12. The summed E-state index contributed by atoms with van der Waals surface area (Å²) in [6.07, 6.45) is 13.0. The second-order valence-corrected chi connectivity index (χ2v) is 12.5. The lowest BCUT2D eigenvalue weighted by Crippen LogP contribution is -2.45. The number of nitrogens with zero attached hydrogens (tertiary/aromatic N) is 10. The Bertz CT molecular complexity index is 1740. The van der Waals surface area contributed by atoms with E-state index in [0.717, 1.165) is 68.8 Å². The van der Waals surface area contributed by atoms with Gasteiger partial charge in [0.1, 0.15) is 30.5 Å². The van der Waals surface area contributed by atoms with E-state index in [4.69, 9.17) is 30.9 Å². The quantitative estimate of drug-likeness (QED) is 0.191. The zero-order chi connectivity index (χ0) is 32.7. The van der Waals surface area contributed by atoms with Crippen LogP contribution in [0.25, 0.3) is 11.1 Å². The van der Waals surface area contributed by atoms with Crippen LogP contribution in [-0.4, -0.2) is 88.3 Å². The largest absolute Gasteiger partial charge is 0.487 e. The Morgan fingerprint density at radius 3 is 2.56 bits per heavy atom. The van der Waals surface area contributed by atoms with E-state index in [0.29, 0.717) is 47.5 Å². The molecule has 250 valence electrons. The number of ether oxygens (including phenoxy) is 3. The summed E-state index contributed by atoms with van der Waals surface area (Å²) in [4.78, 5) is 16.2. The third-order valence-electron chi connectivity index (χ3n) is 8.71. The Hall–Kier alpha value is -4.66. The highest BCUT2D eigenvalue weighted by Gasteiger charge is 2.29. The van der Waals surface area contributed by atoms with Gasteiger partial charge in [0, 0.05) is 43.3 Å². The molecule has 0 bridgehead atoms. The number of hydrogen-bond donors (Lipinski definition) is 1. The lowest BCUT2D eigenvalue weighted by atomic mass is 9.90. The Balaban J connectivity index is 1.04. The van der Waals surface area contributed by atoms with Crippen molar-refractivity contribution in [3.05, 3.63) is 78.2 Å². The van der Waals surface area contributed by atoms with E-state index in [1.165, 1.54) is 0 Å². The van der Waals surface area contributed by atoms with Gasteiger partial charge in [-0.25, -0.2) is 14.6 Å². The maximum absolute atomic E-state index is 6.46. The Morgan fingerprint density at radius 2 is 1.81 bits per heavy atom. The molecular weight excluding hydrogens is 634 g/mol. The number of pyridine rings is 1. The summed E-state index contributed by atoms with van der Waals surface area (Å²) >= 11 is 6.46. The maximum atomic E-state index is 6.46. The molecule has 1 saturated carbocycles. The summed E-state index contributed by atoms with van der Waals surface area (Å²) in [6.45, 7) is 6.40.